The van der Waals surface area contributed by atoms with E-state index in [1.54, 1.807) is 6.07 Å². The third kappa shape index (κ3) is 2.83. The van der Waals surface area contributed by atoms with Gasteiger partial charge < -0.3 is 5.11 Å². The molecule has 1 nitrogen and oxygen atoms in total. The van der Waals surface area contributed by atoms with Gasteiger partial charge in [-0.05, 0) is 60.4 Å². The highest BCUT2D eigenvalue weighted by Gasteiger charge is 2.26. The number of alkyl halides is 1. The number of halogens is 1. The maximum absolute atomic E-state index is 9.59. The molecule has 0 radical (unpaired) electrons. The molecule has 2 heteroatoms. The third-order valence-corrected chi connectivity index (χ3v) is 4.79. The molecule has 104 valence electrons. The van der Waals surface area contributed by atoms with Crippen LogP contribution in [-0.2, 0) is 12.8 Å². The van der Waals surface area contributed by atoms with Crippen molar-refractivity contribution in [1.82, 2.24) is 0 Å². The number of hydrogen-bond donors (Lipinski definition) is 1. The van der Waals surface area contributed by atoms with Gasteiger partial charge in [-0.15, -0.1) is 11.6 Å². The van der Waals surface area contributed by atoms with Crippen LogP contribution in [0, 0.1) is 5.92 Å². The molecule has 0 saturated carbocycles. The fraction of sp³-hybridized carbons (Fsp3) is 0.333. The lowest BCUT2D eigenvalue weighted by Gasteiger charge is -2.21. The molecule has 3 rings (SSSR count). The first-order chi connectivity index (χ1) is 9.74. The molecule has 20 heavy (non-hydrogen) atoms. The summed E-state index contributed by atoms with van der Waals surface area (Å²) < 4.78 is 0. The Balaban J connectivity index is 1.84. The number of rotatable bonds is 2. The lowest BCUT2D eigenvalue weighted by molar-refractivity contribution is 0.458. The molecule has 0 fully saturated rings. The zero-order valence-corrected chi connectivity index (χ0v) is 12.2. The molecule has 1 aliphatic rings. The minimum Gasteiger partial charge on any atom is -0.508 e. The van der Waals surface area contributed by atoms with Crippen molar-refractivity contribution in [1.29, 1.82) is 0 Å². The minimum absolute atomic E-state index is 0.0658. The van der Waals surface area contributed by atoms with Crippen LogP contribution in [0.4, 0.5) is 0 Å². The van der Waals surface area contributed by atoms with Crippen LogP contribution in [0.25, 0.3) is 0 Å². The van der Waals surface area contributed by atoms with Gasteiger partial charge in [-0.25, -0.2) is 0 Å². The summed E-state index contributed by atoms with van der Waals surface area (Å²) in [6.07, 6.45) is 4.37. The molecule has 2 aromatic rings. The van der Waals surface area contributed by atoms with Gasteiger partial charge in [-0.2, -0.15) is 0 Å². The number of benzene rings is 2. The van der Waals surface area contributed by atoms with Gasteiger partial charge in [0.1, 0.15) is 5.75 Å². The first kappa shape index (κ1) is 13.5. The summed E-state index contributed by atoms with van der Waals surface area (Å²) in [6.45, 7) is 0. The summed E-state index contributed by atoms with van der Waals surface area (Å²) in [4.78, 5) is 0. The SMILES string of the molecule is Oc1cccc(CC2CCCc3ccccc3C2Cl)c1. The molecule has 1 N–H and O–H groups in total. The van der Waals surface area contributed by atoms with Crippen molar-refractivity contribution in [2.24, 2.45) is 5.92 Å². The van der Waals surface area contributed by atoms with E-state index in [4.69, 9.17) is 11.6 Å². The second-order valence-electron chi connectivity index (χ2n) is 5.63. The fourth-order valence-electron chi connectivity index (χ4n) is 3.18. The van der Waals surface area contributed by atoms with Crippen LogP contribution < -0.4 is 0 Å². The van der Waals surface area contributed by atoms with E-state index in [2.05, 4.69) is 30.3 Å². The molecule has 1 aliphatic carbocycles. The predicted octanol–water partition coefficient (Wildman–Crippen LogP) is 4.87. The molecule has 0 aliphatic heterocycles. The van der Waals surface area contributed by atoms with E-state index < -0.39 is 0 Å². The van der Waals surface area contributed by atoms with E-state index in [-0.39, 0.29) is 5.38 Å². The van der Waals surface area contributed by atoms with Crippen molar-refractivity contribution in [2.75, 3.05) is 0 Å². The lowest BCUT2D eigenvalue weighted by Crippen LogP contribution is -2.10. The third-order valence-electron chi connectivity index (χ3n) is 4.20. The first-order valence-corrected chi connectivity index (χ1v) is 7.67. The number of hydrogen-bond acceptors (Lipinski definition) is 1. The van der Waals surface area contributed by atoms with Crippen molar-refractivity contribution >= 4 is 11.6 Å². The van der Waals surface area contributed by atoms with Gasteiger partial charge in [0.2, 0.25) is 0 Å². The van der Waals surface area contributed by atoms with Gasteiger partial charge in [0.05, 0.1) is 5.38 Å². The fourth-order valence-corrected chi connectivity index (χ4v) is 3.61. The Bertz CT molecular complexity index is 593. The summed E-state index contributed by atoms with van der Waals surface area (Å²) >= 11 is 6.74. The smallest absolute Gasteiger partial charge is 0.115 e. The Hall–Kier alpha value is -1.47. The van der Waals surface area contributed by atoms with Crippen molar-refractivity contribution in [3.8, 4) is 5.75 Å². The Labute approximate surface area is 125 Å². The van der Waals surface area contributed by atoms with Crippen molar-refractivity contribution in [3.63, 3.8) is 0 Å². The molecule has 0 amide bonds. The molecule has 2 unspecified atom stereocenters. The van der Waals surface area contributed by atoms with Crippen LogP contribution in [0.5, 0.6) is 5.75 Å². The largest absolute Gasteiger partial charge is 0.508 e. The van der Waals surface area contributed by atoms with E-state index in [0.717, 1.165) is 19.3 Å². The van der Waals surface area contributed by atoms with Crippen molar-refractivity contribution in [2.45, 2.75) is 31.1 Å². The molecular weight excluding hydrogens is 268 g/mol. The van der Waals surface area contributed by atoms with Crippen LogP contribution in [0.3, 0.4) is 0 Å². The molecule has 0 saturated heterocycles. The molecule has 0 heterocycles. The molecule has 0 aromatic heterocycles. The maximum Gasteiger partial charge on any atom is 0.115 e. The maximum atomic E-state index is 9.59. The Morgan fingerprint density at radius 3 is 2.80 bits per heavy atom. The molecule has 2 atom stereocenters. The molecule has 0 spiro atoms. The normalized spacial score (nSPS) is 22.1. The Morgan fingerprint density at radius 1 is 1.10 bits per heavy atom. The second kappa shape index (κ2) is 5.88. The highest BCUT2D eigenvalue weighted by atomic mass is 35.5. The first-order valence-electron chi connectivity index (χ1n) is 7.24. The van der Waals surface area contributed by atoms with Crippen molar-refractivity contribution in [3.05, 3.63) is 65.2 Å². The number of phenols is 1. The zero-order chi connectivity index (χ0) is 13.9. The minimum atomic E-state index is 0.0658. The van der Waals surface area contributed by atoms with E-state index in [1.165, 1.54) is 23.1 Å². The standard InChI is InChI=1S/C18H19ClO/c19-18-15(11-13-5-3-9-16(20)12-13)8-4-7-14-6-1-2-10-17(14)18/h1-3,5-6,9-10,12,15,18,20H,4,7-8,11H2. The van der Waals surface area contributed by atoms with Gasteiger partial charge in [0, 0.05) is 0 Å². The van der Waals surface area contributed by atoms with Crippen LogP contribution >= 0.6 is 11.6 Å². The van der Waals surface area contributed by atoms with Crippen LogP contribution in [0.15, 0.2) is 48.5 Å². The average molecular weight is 287 g/mol. The van der Waals surface area contributed by atoms with Gasteiger partial charge >= 0.3 is 0 Å². The summed E-state index contributed by atoms with van der Waals surface area (Å²) in [7, 11) is 0. The predicted molar refractivity (Wildman–Crippen MR) is 83.3 cm³/mol. The molecular formula is C18H19ClO. The van der Waals surface area contributed by atoms with Crippen LogP contribution in [-0.4, -0.2) is 5.11 Å². The van der Waals surface area contributed by atoms with Crippen LogP contribution in [0.1, 0.15) is 34.9 Å². The van der Waals surface area contributed by atoms with Crippen LogP contribution in [0.2, 0.25) is 0 Å². The monoisotopic (exact) mass is 286 g/mol. The summed E-state index contributed by atoms with van der Waals surface area (Å²) in [5.41, 5.74) is 3.85. The Kier molecular flexibility index (Phi) is 3.98. The number of aryl methyl sites for hydroxylation is 1. The molecule has 2 aromatic carbocycles. The molecule has 0 bridgehead atoms. The zero-order valence-electron chi connectivity index (χ0n) is 11.4. The van der Waals surface area contributed by atoms with Crippen molar-refractivity contribution < 1.29 is 5.11 Å². The van der Waals surface area contributed by atoms with E-state index in [1.807, 2.05) is 12.1 Å². The lowest BCUT2D eigenvalue weighted by atomic mass is 9.90. The van der Waals surface area contributed by atoms with Gasteiger partial charge in [-0.1, -0.05) is 36.4 Å². The van der Waals surface area contributed by atoms with Gasteiger partial charge in [-0.3, -0.25) is 0 Å². The number of phenolic OH excluding ortho intramolecular Hbond substituents is 1. The van der Waals surface area contributed by atoms with Gasteiger partial charge in [0.15, 0.2) is 0 Å². The second-order valence-corrected chi connectivity index (χ2v) is 6.10. The van der Waals surface area contributed by atoms with E-state index in [9.17, 15) is 5.11 Å². The number of aromatic hydroxyl groups is 1. The quantitative estimate of drug-likeness (QED) is 0.617. The summed E-state index contributed by atoms with van der Waals surface area (Å²) in [5, 5.41) is 9.65. The summed E-state index contributed by atoms with van der Waals surface area (Å²) in [5.74, 6) is 0.768. The topological polar surface area (TPSA) is 20.2 Å². The summed E-state index contributed by atoms with van der Waals surface area (Å²) in [6, 6.07) is 16.1. The highest BCUT2D eigenvalue weighted by Crippen LogP contribution is 2.39. The average Bonchev–Trinajstić information content (AvgIpc) is 2.60. The van der Waals surface area contributed by atoms with E-state index in [0.29, 0.717) is 11.7 Å². The highest BCUT2D eigenvalue weighted by molar-refractivity contribution is 6.21. The van der Waals surface area contributed by atoms with E-state index >= 15 is 0 Å². The number of fused-ring (bicyclic) bond motifs is 1. The Morgan fingerprint density at radius 2 is 1.95 bits per heavy atom. The van der Waals surface area contributed by atoms with Gasteiger partial charge in [0.25, 0.3) is 0 Å².